The molecule has 0 heterocycles. The summed E-state index contributed by atoms with van der Waals surface area (Å²) in [4.78, 5) is -1.23. The topological polar surface area (TPSA) is 92.3 Å². The molecule has 27 heavy (non-hydrogen) atoms. The molecule has 2 aromatic rings. The van der Waals surface area contributed by atoms with Gasteiger partial charge in [0.2, 0.25) is 20.0 Å². The van der Waals surface area contributed by atoms with Gasteiger partial charge in [0.15, 0.2) is 0 Å². The normalized spacial score (nSPS) is 12.3. The van der Waals surface area contributed by atoms with Crippen LogP contribution in [0.4, 0.5) is 17.6 Å². The van der Waals surface area contributed by atoms with Crippen molar-refractivity contribution in [3.05, 3.63) is 59.7 Å². The number of halogens is 4. The Morgan fingerprint density at radius 3 is 1.19 bits per heavy atom. The number of hydrogen-bond donors (Lipinski definition) is 2. The first-order chi connectivity index (χ1) is 12.5. The fourth-order valence-electron chi connectivity index (χ4n) is 2.04. The van der Waals surface area contributed by atoms with Gasteiger partial charge in [0.25, 0.3) is 0 Å². The van der Waals surface area contributed by atoms with Crippen LogP contribution in [0.5, 0.6) is 0 Å². The molecule has 0 unspecified atom stereocenters. The summed E-state index contributed by atoms with van der Waals surface area (Å²) in [5, 5.41) is 0. The van der Waals surface area contributed by atoms with E-state index in [9.17, 15) is 34.4 Å². The number of benzene rings is 2. The third-order valence-electron chi connectivity index (χ3n) is 3.23. The largest absolute Gasteiger partial charge is 0.240 e. The summed E-state index contributed by atoms with van der Waals surface area (Å²) < 4.78 is 104. The van der Waals surface area contributed by atoms with Crippen molar-refractivity contribution in [2.24, 2.45) is 0 Å². The van der Waals surface area contributed by atoms with Crippen molar-refractivity contribution in [2.45, 2.75) is 16.2 Å². The molecule has 0 fully saturated rings. The molecule has 6 nitrogen and oxygen atoms in total. The average Bonchev–Trinajstić information content (AvgIpc) is 2.52. The van der Waals surface area contributed by atoms with Crippen LogP contribution in [0.3, 0.4) is 0 Å². The van der Waals surface area contributed by atoms with Gasteiger partial charge in [-0.2, -0.15) is 0 Å². The van der Waals surface area contributed by atoms with Gasteiger partial charge in [-0.3, -0.25) is 0 Å². The van der Waals surface area contributed by atoms with Gasteiger partial charge in [-0.05, 0) is 30.7 Å². The molecule has 0 amide bonds. The molecule has 0 aliphatic heterocycles. The zero-order chi connectivity index (χ0) is 20.2. The van der Waals surface area contributed by atoms with Crippen LogP contribution in [0, 0.1) is 23.3 Å². The summed E-state index contributed by atoms with van der Waals surface area (Å²) in [6.07, 6.45) is -0.0337. The predicted molar refractivity (Wildman–Crippen MR) is 87.7 cm³/mol. The van der Waals surface area contributed by atoms with Crippen molar-refractivity contribution in [3.8, 4) is 0 Å². The van der Waals surface area contributed by atoms with Crippen molar-refractivity contribution in [1.29, 1.82) is 0 Å². The van der Waals surface area contributed by atoms with Crippen molar-refractivity contribution < 1.29 is 34.4 Å². The Balaban J connectivity index is 1.91. The van der Waals surface area contributed by atoms with Gasteiger partial charge >= 0.3 is 0 Å². The van der Waals surface area contributed by atoms with Crippen LogP contribution in [0.2, 0.25) is 0 Å². The summed E-state index contributed by atoms with van der Waals surface area (Å²) in [5.41, 5.74) is 0. The third kappa shape index (κ3) is 5.99. The molecule has 0 saturated heterocycles. The first-order valence-electron chi connectivity index (χ1n) is 7.41. The SMILES string of the molecule is O=S(=O)(NCCCNS(=O)(=O)c1cc(F)cc(F)c1)c1cc(F)cc(F)c1. The minimum atomic E-state index is -4.19. The van der Waals surface area contributed by atoms with Gasteiger partial charge in [-0.15, -0.1) is 0 Å². The van der Waals surface area contributed by atoms with E-state index in [-0.39, 0.29) is 19.5 Å². The molecule has 2 aromatic carbocycles. The molecule has 0 aliphatic rings. The highest BCUT2D eigenvalue weighted by atomic mass is 32.2. The fraction of sp³-hybridized carbons (Fsp3) is 0.200. The van der Waals surface area contributed by atoms with Gasteiger partial charge in [0, 0.05) is 25.2 Å². The van der Waals surface area contributed by atoms with E-state index < -0.39 is 53.1 Å². The Morgan fingerprint density at radius 1 is 0.593 bits per heavy atom. The van der Waals surface area contributed by atoms with Gasteiger partial charge in [0.05, 0.1) is 9.79 Å². The molecule has 0 aliphatic carbocycles. The van der Waals surface area contributed by atoms with Crippen molar-refractivity contribution >= 4 is 20.0 Å². The number of nitrogens with one attached hydrogen (secondary N) is 2. The Kier molecular flexibility index (Phi) is 6.57. The van der Waals surface area contributed by atoms with Gasteiger partial charge in [0.1, 0.15) is 23.3 Å². The van der Waals surface area contributed by atoms with E-state index in [1.807, 2.05) is 0 Å². The monoisotopic (exact) mass is 426 g/mol. The van der Waals surface area contributed by atoms with Crippen LogP contribution in [-0.4, -0.2) is 29.9 Å². The van der Waals surface area contributed by atoms with Crippen LogP contribution in [0.25, 0.3) is 0 Å². The first kappa shape index (κ1) is 21.3. The second-order valence-corrected chi connectivity index (χ2v) is 8.89. The Morgan fingerprint density at radius 2 is 0.889 bits per heavy atom. The molecule has 0 atom stereocenters. The van der Waals surface area contributed by atoms with E-state index in [0.717, 1.165) is 0 Å². The molecule has 0 spiro atoms. The molecule has 148 valence electrons. The maximum absolute atomic E-state index is 13.1. The van der Waals surface area contributed by atoms with Crippen LogP contribution >= 0.6 is 0 Å². The average molecular weight is 426 g/mol. The zero-order valence-electron chi connectivity index (χ0n) is 13.5. The molecule has 0 bridgehead atoms. The second kappa shape index (κ2) is 8.33. The van der Waals surface area contributed by atoms with E-state index in [2.05, 4.69) is 9.44 Å². The van der Waals surface area contributed by atoms with Crippen molar-refractivity contribution in [1.82, 2.24) is 9.44 Å². The number of rotatable bonds is 8. The van der Waals surface area contributed by atoms with Crippen LogP contribution in [0.1, 0.15) is 6.42 Å². The number of sulfonamides is 2. The Bertz CT molecular complexity index is 920. The molecule has 0 radical (unpaired) electrons. The molecular weight excluding hydrogens is 412 g/mol. The molecular formula is C15H14F4N2O4S2. The maximum Gasteiger partial charge on any atom is 0.240 e. The number of hydrogen-bond acceptors (Lipinski definition) is 4. The van der Waals surface area contributed by atoms with Crippen molar-refractivity contribution in [3.63, 3.8) is 0 Å². The smallest absolute Gasteiger partial charge is 0.211 e. The highest BCUT2D eigenvalue weighted by molar-refractivity contribution is 7.89. The molecule has 2 N–H and O–H groups in total. The van der Waals surface area contributed by atoms with E-state index >= 15 is 0 Å². The standard InChI is InChI=1S/C15H14F4N2O4S2/c16-10-4-11(17)7-14(6-10)26(22,23)20-2-1-3-21-27(24,25)15-8-12(18)5-13(19)9-15/h4-9,20-21H,1-3H2. The highest BCUT2D eigenvalue weighted by Crippen LogP contribution is 2.14. The van der Waals surface area contributed by atoms with Crippen LogP contribution in [-0.2, 0) is 20.0 Å². The lowest BCUT2D eigenvalue weighted by molar-refractivity contribution is 0.556. The summed E-state index contributed by atoms with van der Waals surface area (Å²) >= 11 is 0. The fourth-order valence-corrected chi connectivity index (χ4v) is 4.27. The second-order valence-electron chi connectivity index (χ2n) is 5.36. The zero-order valence-corrected chi connectivity index (χ0v) is 15.2. The summed E-state index contributed by atoms with van der Waals surface area (Å²) in [7, 11) is -8.38. The van der Waals surface area contributed by atoms with E-state index in [0.29, 0.717) is 36.4 Å². The summed E-state index contributed by atoms with van der Waals surface area (Å²) in [6.45, 7) is -0.499. The summed E-state index contributed by atoms with van der Waals surface area (Å²) in [5.74, 6) is -4.26. The van der Waals surface area contributed by atoms with E-state index in [1.165, 1.54) is 0 Å². The minimum absolute atomic E-state index is 0.0337. The van der Waals surface area contributed by atoms with E-state index in [4.69, 9.17) is 0 Å². The molecule has 2 rings (SSSR count). The molecule has 12 heteroatoms. The minimum Gasteiger partial charge on any atom is -0.211 e. The predicted octanol–water partition coefficient (Wildman–Crippen LogP) is 1.89. The lowest BCUT2D eigenvalue weighted by Crippen LogP contribution is -2.30. The van der Waals surface area contributed by atoms with Crippen LogP contribution in [0.15, 0.2) is 46.2 Å². The highest BCUT2D eigenvalue weighted by Gasteiger charge is 2.18. The lowest BCUT2D eigenvalue weighted by Gasteiger charge is -2.09. The lowest BCUT2D eigenvalue weighted by atomic mass is 10.3. The maximum atomic E-state index is 13.1. The van der Waals surface area contributed by atoms with Crippen LogP contribution < -0.4 is 9.44 Å². The van der Waals surface area contributed by atoms with Gasteiger partial charge < -0.3 is 0 Å². The molecule has 0 saturated carbocycles. The van der Waals surface area contributed by atoms with Crippen molar-refractivity contribution in [2.75, 3.05) is 13.1 Å². The quantitative estimate of drug-likeness (QED) is 0.498. The molecule has 0 aromatic heterocycles. The Labute approximate surface area is 153 Å². The Hall–Kier alpha value is -2.02. The first-order valence-corrected chi connectivity index (χ1v) is 10.4. The summed E-state index contributed by atoms with van der Waals surface area (Å²) in [6, 6.07) is 3.56. The van der Waals surface area contributed by atoms with Gasteiger partial charge in [-0.1, -0.05) is 0 Å². The van der Waals surface area contributed by atoms with E-state index in [1.54, 1.807) is 0 Å². The third-order valence-corrected chi connectivity index (χ3v) is 6.11. The van der Waals surface area contributed by atoms with Gasteiger partial charge in [-0.25, -0.2) is 43.8 Å².